The minimum absolute atomic E-state index is 0.229. The molecule has 0 aromatic heterocycles. The van der Waals surface area contributed by atoms with Crippen molar-refractivity contribution in [3.63, 3.8) is 0 Å². The predicted octanol–water partition coefficient (Wildman–Crippen LogP) is 4.65. The first-order valence-electron chi connectivity index (χ1n) is 6.87. The molecule has 0 saturated heterocycles. The molecule has 2 aromatic carbocycles. The van der Waals surface area contributed by atoms with Crippen LogP contribution in [0.4, 0.5) is 4.39 Å². The van der Waals surface area contributed by atoms with Crippen LogP contribution < -0.4 is 10.1 Å². The molecule has 2 aromatic rings. The van der Waals surface area contributed by atoms with Crippen molar-refractivity contribution < 1.29 is 9.13 Å². The molecule has 2 rings (SSSR count). The second-order valence-electron chi connectivity index (χ2n) is 5.20. The van der Waals surface area contributed by atoms with Gasteiger partial charge in [0.25, 0.3) is 0 Å². The molecule has 0 atom stereocenters. The van der Waals surface area contributed by atoms with E-state index in [0.717, 1.165) is 23.2 Å². The van der Waals surface area contributed by atoms with Gasteiger partial charge in [-0.2, -0.15) is 0 Å². The Morgan fingerprint density at radius 2 is 1.95 bits per heavy atom. The van der Waals surface area contributed by atoms with Gasteiger partial charge in [-0.25, -0.2) is 4.39 Å². The van der Waals surface area contributed by atoms with Crippen LogP contribution in [0.2, 0.25) is 5.02 Å². The molecular weight excluding hydrogens is 289 g/mol. The van der Waals surface area contributed by atoms with Crippen LogP contribution in [0.15, 0.2) is 36.4 Å². The maximum Gasteiger partial charge on any atom is 0.165 e. The number of hydrogen-bond acceptors (Lipinski definition) is 2. The highest BCUT2D eigenvalue weighted by Gasteiger charge is 2.09. The van der Waals surface area contributed by atoms with Crippen LogP contribution in [0, 0.1) is 5.82 Å². The van der Waals surface area contributed by atoms with Crippen molar-refractivity contribution >= 4 is 11.6 Å². The topological polar surface area (TPSA) is 21.3 Å². The molecule has 0 saturated carbocycles. The first-order chi connectivity index (χ1) is 10.0. The maximum absolute atomic E-state index is 13.8. The summed E-state index contributed by atoms with van der Waals surface area (Å²) < 4.78 is 18.7. The number of hydrogen-bond donors (Lipinski definition) is 1. The molecule has 2 nitrogen and oxygen atoms in total. The summed E-state index contributed by atoms with van der Waals surface area (Å²) in [6.07, 6.45) is 0. The fourth-order valence-corrected chi connectivity index (χ4v) is 2.37. The number of rotatable bonds is 5. The summed E-state index contributed by atoms with van der Waals surface area (Å²) in [6.45, 7) is 4.95. The van der Waals surface area contributed by atoms with Crippen molar-refractivity contribution in [3.8, 4) is 16.9 Å². The van der Waals surface area contributed by atoms with Gasteiger partial charge in [0.1, 0.15) is 0 Å². The summed E-state index contributed by atoms with van der Waals surface area (Å²) in [5.41, 5.74) is 2.65. The van der Waals surface area contributed by atoms with E-state index < -0.39 is 5.82 Å². The van der Waals surface area contributed by atoms with E-state index >= 15 is 0 Å². The summed E-state index contributed by atoms with van der Waals surface area (Å²) >= 11 is 6.32. The molecule has 0 unspecified atom stereocenters. The van der Waals surface area contributed by atoms with Gasteiger partial charge in [0, 0.05) is 23.2 Å². The van der Waals surface area contributed by atoms with Gasteiger partial charge in [-0.1, -0.05) is 43.6 Å². The van der Waals surface area contributed by atoms with Crippen LogP contribution in [0.1, 0.15) is 19.4 Å². The maximum atomic E-state index is 13.8. The van der Waals surface area contributed by atoms with E-state index in [1.807, 2.05) is 18.2 Å². The van der Waals surface area contributed by atoms with Gasteiger partial charge in [0.15, 0.2) is 11.6 Å². The molecule has 4 heteroatoms. The summed E-state index contributed by atoms with van der Waals surface area (Å²) in [5.74, 6) is -0.163. The predicted molar refractivity (Wildman–Crippen MR) is 85.4 cm³/mol. The average molecular weight is 308 g/mol. The molecular formula is C17H19ClFNO. The smallest absolute Gasteiger partial charge is 0.165 e. The van der Waals surface area contributed by atoms with Crippen molar-refractivity contribution in [1.29, 1.82) is 0 Å². The molecule has 0 radical (unpaired) electrons. The normalized spacial score (nSPS) is 11.0. The zero-order valence-corrected chi connectivity index (χ0v) is 13.2. The molecule has 112 valence electrons. The molecule has 0 aliphatic carbocycles. The minimum Gasteiger partial charge on any atom is -0.494 e. The fourth-order valence-electron chi connectivity index (χ4n) is 2.06. The average Bonchev–Trinajstić information content (AvgIpc) is 2.45. The van der Waals surface area contributed by atoms with E-state index in [4.69, 9.17) is 16.3 Å². The van der Waals surface area contributed by atoms with Gasteiger partial charge >= 0.3 is 0 Å². The van der Waals surface area contributed by atoms with Gasteiger partial charge in [-0.15, -0.1) is 0 Å². The summed E-state index contributed by atoms with van der Waals surface area (Å²) in [4.78, 5) is 0. The third kappa shape index (κ3) is 3.96. The van der Waals surface area contributed by atoms with Crippen LogP contribution in [-0.4, -0.2) is 13.2 Å². The molecule has 0 spiro atoms. The lowest BCUT2D eigenvalue weighted by molar-refractivity contribution is 0.386. The van der Waals surface area contributed by atoms with Gasteiger partial charge in [0.2, 0.25) is 0 Å². The summed E-state index contributed by atoms with van der Waals surface area (Å²) in [6, 6.07) is 11.1. The van der Waals surface area contributed by atoms with E-state index in [0.29, 0.717) is 11.1 Å². The summed E-state index contributed by atoms with van der Waals surface area (Å²) in [7, 11) is 1.45. The van der Waals surface area contributed by atoms with Gasteiger partial charge in [-0.3, -0.25) is 0 Å². The number of benzene rings is 2. The van der Waals surface area contributed by atoms with Crippen LogP contribution in [0.5, 0.6) is 5.75 Å². The SMILES string of the molecule is COc1ccc(-c2ccc(CNC(C)C)cc2Cl)cc1F. The van der Waals surface area contributed by atoms with Crippen molar-refractivity contribution in [3.05, 3.63) is 52.8 Å². The molecule has 21 heavy (non-hydrogen) atoms. The molecule has 0 fully saturated rings. The Bertz CT molecular complexity index is 628. The Balaban J connectivity index is 2.26. The van der Waals surface area contributed by atoms with Crippen LogP contribution in [0.25, 0.3) is 11.1 Å². The monoisotopic (exact) mass is 307 g/mol. The highest BCUT2D eigenvalue weighted by molar-refractivity contribution is 6.33. The van der Waals surface area contributed by atoms with E-state index in [2.05, 4.69) is 19.2 Å². The lowest BCUT2D eigenvalue weighted by atomic mass is 10.0. The molecule has 1 N–H and O–H groups in total. The van der Waals surface area contributed by atoms with Gasteiger partial charge in [-0.05, 0) is 29.3 Å². The van der Waals surface area contributed by atoms with E-state index in [-0.39, 0.29) is 5.75 Å². The Kier molecular flexibility index (Phi) is 5.21. The van der Waals surface area contributed by atoms with Crippen molar-refractivity contribution in [2.45, 2.75) is 26.4 Å². The minimum atomic E-state index is -0.392. The summed E-state index contributed by atoms with van der Waals surface area (Å²) in [5, 5.41) is 3.95. The number of halogens is 2. The van der Waals surface area contributed by atoms with Crippen molar-refractivity contribution in [2.75, 3.05) is 7.11 Å². The molecule has 0 bridgehead atoms. The highest BCUT2D eigenvalue weighted by atomic mass is 35.5. The van der Waals surface area contributed by atoms with E-state index in [1.165, 1.54) is 13.2 Å². The Labute approximate surface area is 129 Å². The third-order valence-electron chi connectivity index (χ3n) is 3.21. The van der Waals surface area contributed by atoms with Crippen LogP contribution in [0.3, 0.4) is 0 Å². The van der Waals surface area contributed by atoms with E-state index in [1.54, 1.807) is 12.1 Å². The van der Waals surface area contributed by atoms with Crippen molar-refractivity contribution in [1.82, 2.24) is 5.32 Å². The Morgan fingerprint density at radius 3 is 2.52 bits per heavy atom. The fraction of sp³-hybridized carbons (Fsp3) is 0.294. The number of ether oxygens (including phenoxy) is 1. The lowest BCUT2D eigenvalue weighted by Gasteiger charge is -2.11. The second kappa shape index (κ2) is 6.92. The second-order valence-corrected chi connectivity index (χ2v) is 5.61. The Hall–Kier alpha value is -1.58. The quantitative estimate of drug-likeness (QED) is 0.868. The first-order valence-corrected chi connectivity index (χ1v) is 7.24. The van der Waals surface area contributed by atoms with E-state index in [9.17, 15) is 4.39 Å². The lowest BCUT2D eigenvalue weighted by Crippen LogP contribution is -2.21. The van der Waals surface area contributed by atoms with Crippen molar-refractivity contribution in [2.24, 2.45) is 0 Å². The molecule has 0 aliphatic heterocycles. The van der Waals surface area contributed by atoms with Gasteiger partial charge < -0.3 is 10.1 Å². The number of nitrogens with one attached hydrogen (secondary N) is 1. The highest BCUT2D eigenvalue weighted by Crippen LogP contribution is 2.31. The molecule has 0 heterocycles. The third-order valence-corrected chi connectivity index (χ3v) is 3.52. The zero-order valence-electron chi connectivity index (χ0n) is 12.4. The van der Waals surface area contributed by atoms with Gasteiger partial charge in [0.05, 0.1) is 7.11 Å². The molecule has 0 amide bonds. The zero-order chi connectivity index (χ0) is 15.4. The first kappa shape index (κ1) is 15.8. The van der Waals surface area contributed by atoms with Crippen LogP contribution in [-0.2, 0) is 6.54 Å². The standard InChI is InChI=1S/C17H19ClFNO/c1-11(2)20-10-12-4-6-14(15(18)8-12)13-5-7-17(21-3)16(19)9-13/h4-9,11,20H,10H2,1-3H3. The van der Waals surface area contributed by atoms with Crippen LogP contribution >= 0.6 is 11.6 Å². The number of methoxy groups -OCH3 is 1. The Morgan fingerprint density at radius 1 is 1.19 bits per heavy atom. The largest absolute Gasteiger partial charge is 0.494 e. The molecule has 0 aliphatic rings.